The molecular weight excluding hydrogens is 284 g/mol. The van der Waals surface area contributed by atoms with Crippen molar-refractivity contribution in [2.75, 3.05) is 20.3 Å². The lowest BCUT2D eigenvalue weighted by molar-refractivity contribution is -0.117. The number of ether oxygens (including phenoxy) is 2. The van der Waals surface area contributed by atoms with Gasteiger partial charge in [0, 0.05) is 13.2 Å². The fraction of sp³-hybridized carbons (Fsp3) is 0.375. The Morgan fingerprint density at radius 2 is 2.45 bits per heavy atom. The van der Waals surface area contributed by atoms with Crippen LogP contribution in [0.1, 0.15) is 18.4 Å². The van der Waals surface area contributed by atoms with E-state index in [9.17, 15) is 9.90 Å². The van der Waals surface area contributed by atoms with Crippen LogP contribution in [0.25, 0.3) is 6.08 Å². The Labute approximate surface area is 129 Å². The molecule has 1 atom stereocenters. The molecular formula is C16H18N2O4. The van der Waals surface area contributed by atoms with Crippen molar-refractivity contribution >= 4 is 12.0 Å². The van der Waals surface area contributed by atoms with Crippen LogP contribution in [0.3, 0.4) is 0 Å². The Morgan fingerprint density at radius 3 is 3.05 bits per heavy atom. The first-order valence-corrected chi connectivity index (χ1v) is 7.02. The lowest BCUT2D eigenvalue weighted by Gasteiger charge is -2.10. The maximum Gasteiger partial charge on any atom is 0.262 e. The van der Waals surface area contributed by atoms with Crippen LogP contribution < -0.4 is 10.1 Å². The standard InChI is InChI=1S/C16H18N2O4/c1-21-15-5-4-11(8-14(15)19)7-12(9-17)16(20)18-10-13-3-2-6-22-13/h4-5,7-8,13,19H,2-3,6,10H2,1H3,(H,18,20)/b12-7+/t13-/m0/s1. The van der Waals surface area contributed by atoms with Crippen molar-refractivity contribution in [1.29, 1.82) is 5.26 Å². The number of nitrogens with zero attached hydrogens (tertiary/aromatic N) is 1. The number of hydrogen-bond acceptors (Lipinski definition) is 5. The van der Waals surface area contributed by atoms with Gasteiger partial charge in [-0.1, -0.05) is 6.07 Å². The van der Waals surface area contributed by atoms with E-state index in [1.54, 1.807) is 12.1 Å². The number of amides is 1. The Balaban J connectivity index is 2.04. The van der Waals surface area contributed by atoms with Gasteiger partial charge in [0.2, 0.25) is 0 Å². The number of hydrogen-bond donors (Lipinski definition) is 2. The third-order valence-electron chi connectivity index (χ3n) is 3.39. The highest BCUT2D eigenvalue weighted by Crippen LogP contribution is 2.27. The Bertz CT molecular complexity index is 613. The van der Waals surface area contributed by atoms with Crippen molar-refractivity contribution in [3.05, 3.63) is 29.3 Å². The minimum Gasteiger partial charge on any atom is -0.504 e. The SMILES string of the molecule is COc1ccc(/C=C(\C#N)C(=O)NC[C@@H]2CCCO2)cc1O. The average Bonchev–Trinajstić information content (AvgIpc) is 3.04. The van der Waals surface area contributed by atoms with Gasteiger partial charge in [0.15, 0.2) is 11.5 Å². The van der Waals surface area contributed by atoms with E-state index in [4.69, 9.17) is 14.7 Å². The van der Waals surface area contributed by atoms with Crippen molar-refractivity contribution < 1.29 is 19.4 Å². The molecule has 1 aliphatic heterocycles. The number of phenols is 1. The zero-order valence-corrected chi connectivity index (χ0v) is 12.3. The van der Waals surface area contributed by atoms with Gasteiger partial charge in [-0.2, -0.15) is 5.26 Å². The monoisotopic (exact) mass is 302 g/mol. The van der Waals surface area contributed by atoms with Crippen LogP contribution >= 0.6 is 0 Å². The van der Waals surface area contributed by atoms with Crippen LogP contribution in [0.15, 0.2) is 23.8 Å². The number of phenolic OH excluding ortho intramolecular Hbond substituents is 1. The van der Waals surface area contributed by atoms with E-state index in [0.29, 0.717) is 24.5 Å². The highest BCUT2D eigenvalue weighted by Gasteiger charge is 2.17. The molecule has 1 amide bonds. The van der Waals surface area contributed by atoms with Gasteiger partial charge in [0.05, 0.1) is 13.2 Å². The van der Waals surface area contributed by atoms with E-state index in [1.807, 2.05) is 6.07 Å². The van der Waals surface area contributed by atoms with Gasteiger partial charge in [0.25, 0.3) is 5.91 Å². The van der Waals surface area contributed by atoms with Gasteiger partial charge in [0.1, 0.15) is 11.6 Å². The first kappa shape index (κ1) is 15.9. The molecule has 0 spiro atoms. The Hall–Kier alpha value is -2.52. The highest BCUT2D eigenvalue weighted by molar-refractivity contribution is 6.01. The smallest absolute Gasteiger partial charge is 0.262 e. The predicted octanol–water partition coefficient (Wildman–Crippen LogP) is 1.60. The first-order valence-electron chi connectivity index (χ1n) is 7.02. The van der Waals surface area contributed by atoms with Gasteiger partial charge in [-0.15, -0.1) is 0 Å². The molecule has 0 saturated carbocycles. The predicted molar refractivity (Wildman–Crippen MR) is 80.2 cm³/mol. The second-order valence-electron chi connectivity index (χ2n) is 4.95. The molecule has 0 aliphatic carbocycles. The highest BCUT2D eigenvalue weighted by atomic mass is 16.5. The summed E-state index contributed by atoms with van der Waals surface area (Å²) in [5, 5.41) is 21.5. The molecule has 2 N–H and O–H groups in total. The van der Waals surface area contributed by atoms with E-state index in [0.717, 1.165) is 12.8 Å². The van der Waals surface area contributed by atoms with Crippen molar-refractivity contribution in [3.8, 4) is 17.6 Å². The van der Waals surface area contributed by atoms with Gasteiger partial charge >= 0.3 is 0 Å². The van der Waals surface area contributed by atoms with Crippen molar-refractivity contribution in [3.63, 3.8) is 0 Å². The minimum atomic E-state index is -0.451. The fourth-order valence-electron chi connectivity index (χ4n) is 2.22. The average molecular weight is 302 g/mol. The van der Waals surface area contributed by atoms with Crippen LogP contribution in [-0.2, 0) is 9.53 Å². The maximum absolute atomic E-state index is 12.0. The molecule has 1 saturated heterocycles. The van der Waals surface area contributed by atoms with Crippen LogP contribution in [0, 0.1) is 11.3 Å². The first-order chi connectivity index (χ1) is 10.6. The summed E-state index contributed by atoms with van der Waals surface area (Å²) in [6.45, 7) is 1.11. The Morgan fingerprint density at radius 1 is 1.64 bits per heavy atom. The number of methoxy groups -OCH3 is 1. The van der Waals surface area contributed by atoms with E-state index < -0.39 is 5.91 Å². The van der Waals surface area contributed by atoms with Crippen molar-refractivity contribution in [2.24, 2.45) is 0 Å². The second-order valence-corrected chi connectivity index (χ2v) is 4.95. The third-order valence-corrected chi connectivity index (χ3v) is 3.39. The minimum absolute atomic E-state index is 0.0222. The van der Waals surface area contributed by atoms with Crippen molar-refractivity contribution in [1.82, 2.24) is 5.32 Å². The number of nitrogens with one attached hydrogen (secondary N) is 1. The van der Waals surface area contributed by atoms with E-state index >= 15 is 0 Å². The molecule has 116 valence electrons. The number of aromatic hydroxyl groups is 1. The molecule has 1 heterocycles. The summed E-state index contributed by atoms with van der Waals surface area (Å²) >= 11 is 0. The molecule has 22 heavy (non-hydrogen) atoms. The van der Waals surface area contributed by atoms with Gasteiger partial charge in [-0.05, 0) is 36.6 Å². The lowest BCUT2D eigenvalue weighted by Crippen LogP contribution is -2.32. The van der Waals surface area contributed by atoms with Gasteiger partial charge in [-0.25, -0.2) is 0 Å². The zero-order chi connectivity index (χ0) is 15.9. The quantitative estimate of drug-likeness (QED) is 0.637. The van der Waals surface area contributed by atoms with Gasteiger partial charge < -0.3 is 19.9 Å². The molecule has 6 heteroatoms. The van der Waals surface area contributed by atoms with Crippen LogP contribution in [0.4, 0.5) is 0 Å². The third kappa shape index (κ3) is 3.99. The normalized spacial score (nSPS) is 17.8. The summed E-state index contributed by atoms with van der Waals surface area (Å²) in [6.07, 6.45) is 3.35. The summed E-state index contributed by atoms with van der Waals surface area (Å²) in [6, 6.07) is 6.53. The number of carbonyl (C=O) groups excluding carboxylic acids is 1. The molecule has 1 fully saturated rings. The molecule has 1 aliphatic rings. The molecule has 0 unspecified atom stereocenters. The summed E-state index contributed by atoms with van der Waals surface area (Å²) in [5.74, 6) is -0.167. The fourth-order valence-corrected chi connectivity index (χ4v) is 2.22. The van der Waals surface area contributed by atoms with Gasteiger partial charge in [-0.3, -0.25) is 4.79 Å². The van der Waals surface area contributed by atoms with E-state index in [1.165, 1.54) is 19.3 Å². The number of benzene rings is 1. The topological polar surface area (TPSA) is 91.6 Å². The zero-order valence-electron chi connectivity index (χ0n) is 12.3. The molecule has 1 aromatic rings. The molecule has 6 nitrogen and oxygen atoms in total. The summed E-state index contributed by atoms with van der Waals surface area (Å²) in [5.41, 5.74) is 0.518. The molecule has 0 bridgehead atoms. The summed E-state index contributed by atoms with van der Waals surface area (Å²) in [4.78, 5) is 12.0. The summed E-state index contributed by atoms with van der Waals surface area (Å²) < 4.78 is 10.4. The molecule has 1 aromatic carbocycles. The lowest BCUT2D eigenvalue weighted by atomic mass is 10.1. The number of nitriles is 1. The van der Waals surface area contributed by atoms with Crippen LogP contribution in [-0.4, -0.2) is 37.4 Å². The number of rotatable bonds is 5. The second kappa shape index (κ2) is 7.48. The van der Waals surface area contributed by atoms with Crippen LogP contribution in [0.5, 0.6) is 11.5 Å². The van der Waals surface area contributed by atoms with E-state index in [2.05, 4.69) is 5.32 Å². The number of carbonyl (C=O) groups is 1. The Kier molecular flexibility index (Phi) is 5.39. The molecule has 2 rings (SSSR count). The van der Waals surface area contributed by atoms with Crippen LogP contribution in [0.2, 0.25) is 0 Å². The summed E-state index contributed by atoms with van der Waals surface area (Å²) in [7, 11) is 1.45. The largest absolute Gasteiger partial charge is 0.504 e. The van der Waals surface area contributed by atoms with Crippen molar-refractivity contribution in [2.45, 2.75) is 18.9 Å². The van der Waals surface area contributed by atoms with E-state index in [-0.39, 0.29) is 17.4 Å². The molecule has 0 radical (unpaired) electrons. The maximum atomic E-state index is 12.0. The molecule has 0 aromatic heterocycles.